The summed E-state index contributed by atoms with van der Waals surface area (Å²) in [5.41, 5.74) is -0.922. The summed E-state index contributed by atoms with van der Waals surface area (Å²) in [4.78, 5) is 37.0. The molecule has 0 aliphatic carbocycles. The predicted octanol–water partition coefficient (Wildman–Crippen LogP) is 1.99. The van der Waals surface area contributed by atoms with Crippen LogP contribution in [-0.2, 0) is 25.5 Å². The maximum absolute atomic E-state index is 15.7. The van der Waals surface area contributed by atoms with Crippen molar-refractivity contribution < 1.29 is 28.6 Å². The van der Waals surface area contributed by atoms with Crippen LogP contribution in [-0.4, -0.2) is 68.0 Å². The standard InChI is InChI=1S/C23H27FN6O5/c1-4-16(32)34-11-14-18(33)23(2,24)21(35-14)30-12-26-17-19(25-3)28-22(29-20(17)30)27-15(31)10-13-8-6-5-7-9-13/h5-9,12,14,18,21,33H,4,10-11H2,1-3H3,(H2,25,27,28,29,31)/t14-,18-,21-,23-/m1/s1. The van der Waals surface area contributed by atoms with Crippen LogP contribution in [0.2, 0.25) is 0 Å². The average molecular weight is 487 g/mol. The zero-order valence-corrected chi connectivity index (χ0v) is 19.6. The van der Waals surface area contributed by atoms with Gasteiger partial charge >= 0.3 is 5.97 Å². The van der Waals surface area contributed by atoms with Gasteiger partial charge in [-0.15, -0.1) is 0 Å². The van der Waals surface area contributed by atoms with E-state index in [9.17, 15) is 14.7 Å². The lowest BCUT2D eigenvalue weighted by Gasteiger charge is -2.24. The summed E-state index contributed by atoms with van der Waals surface area (Å²) in [7, 11) is 1.63. The number of hydrogen-bond donors (Lipinski definition) is 3. The molecule has 1 saturated heterocycles. The molecule has 2 aromatic heterocycles. The lowest BCUT2D eigenvalue weighted by atomic mass is 9.98. The maximum Gasteiger partial charge on any atom is 0.305 e. The third-order valence-electron chi connectivity index (χ3n) is 5.78. The molecule has 4 rings (SSSR count). The second-order valence-electron chi connectivity index (χ2n) is 8.34. The van der Waals surface area contributed by atoms with Gasteiger partial charge in [0.2, 0.25) is 11.9 Å². The minimum atomic E-state index is -2.25. The molecule has 0 saturated carbocycles. The van der Waals surface area contributed by atoms with Crippen molar-refractivity contribution in [1.82, 2.24) is 19.5 Å². The number of fused-ring (bicyclic) bond motifs is 1. The van der Waals surface area contributed by atoms with E-state index in [1.54, 1.807) is 14.0 Å². The van der Waals surface area contributed by atoms with Crippen molar-refractivity contribution in [1.29, 1.82) is 0 Å². The lowest BCUT2D eigenvalue weighted by molar-refractivity contribution is -0.149. The number of aliphatic hydroxyl groups is 1. The van der Waals surface area contributed by atoms with E-state index < -0.39 is 30.1 Å². The highest BCUT2D eigenvalue weighted by Crippen LogP contribution is 2.42. The van der Waals surface area contributed by atoms with E-state index in [1.165, 1.54) is 17.8 Å². The monoisotopic (exact) mass is 486 g/mol. The first-order valence-electron chi connectivity index (χ1n) is 11.2. The Morgan fingerprint density at radius 2 is 2.03 bits per heavy atom. The summed E-state index contributed by atoms with van der Waals surface area (Å²) in [5, 5.41) is 16.1. The van der Waals surface area contributed by atoms with Crippen LogP contribution in [0.5, 0.6) is 0 Å². The number of benzene rings is 1. The Labute approximate surface area is 200 Å². The number of alkyl halides is 1. The Balaban J connectivity index is 1.62. The largest absolute Gasteiger partial charge is 0.463 e. The number of anilines is 2. The molecular weight excluding hydrogens is 459 g/mol. The molecule has 0 spiro atoms. The number of carbonyl (C=O) groups is 2. The summed E-state index contributed by atoms with van der Waals surface area (Å²) < 4.78 is 27.8. The van der Waals surface area contributed by atoms with Crippen molar-refractivity contribution in [2.24, 2.45) is 0 Å². The zero-order chi connectivity index (χ0) is 25.2. The Hall–Kier alpha value is -3.64. The van der Waals surface area contributed by atoms with Gasteiger partial charge < -0.3 is 19.9 Å². The number of hydrogen-bond acceptors (Lipinski definition) is 9. The number of ether oxygens (including phenoxy) is 2. The van der Waals surface area contributed by atoms with Crippen molar-refractivity contribution in [3.63, 3.8) is 0 Å². The molecule has 35 heavy (non-hydrogen) atoms. The molecule has 4 atom stereocenters. The second-order valence-corrected chi connectivity index (χ2v) is 8.34. The predicted molar refractivity (Wildman–Crippen MR) is 124 cm³/mol. The highest BCUT2D eigenvalue weighted by molar-refractivity contribution is 5.92. The first-order valence-corrected chi connectivity index (χ1v) is 11.2. The first-order chi connectivity index (χ1) is 16.7. The van der Waals surface area contributed by atoms with Crippen molar-refractivity contribution in [2.75, 3.05) is 24.3 Å². The van der Waals surface area contributed by atoms with E-state index in [4.69, 9.17) is 9.47 Å². The molecule has 0 bridgehead atoms. The Morgan fingerprint density at radius 1 is 1.29 bits per heavy atom. The number of imidazole rings is 1. The van der Waals surface area contributed by atoms with Gasteiger partial charge in [-0.3, -0.25) is 19.5 Å². The molecule has 1 amide bonds. The van der Waals surface area contributed by atoms with Crippen molar-refractivity contribution in [2.45, 2.75) is 50.8 Å². The van der Waals surface area contributed by atoms with E-state index in [1.807, 2.05) is 30.3 Å². The minimum Gasteiger partial charge on any atom is -0.463 e. The summed E-state index contributed by atoms with van der Waals surface area (Å²) in [5.74, 6) is -0.502. The Bertz CT molecular complexity index is 1220. The van der Waals surface area contributed by atoms with Crippen LogP contribution in [0.15, 0.2) is 36.7 Å². The fourth-order valence-electron chi connectivity index (χ4n) is 3.90. The quantitative estimate of drug-likeness (QED) is 0.408. The van der Waals surface area contributed by atoms with Crippen LogP contribution in [0.1, 0.15) is 32.1 Å². The molecule has 1 aromatic carbocycles. The van der Waals surface area contributed by atoms with E-state index in [2.05, 4.69) is 25.6 Å². The van der Waals surface area contributed by atoms with Crippen LogP contribution in [0.3, 0.4) is 0 Å². The highest BCUT2D eigenvalue weighted by atomic mass is 19.1. The number of carbonyl (C=O) groups excluding carboxylic acids is 2. The van der Waals surface area contributed by atoms with Crippen LogP contribution < -0.4 is 10.6 Å². The number of amides is 1. The van der Waals surface area contributed by atoms with Gasteiger partial charge in [-0.1, -0.05) is 37.3 Å². The third-order valence-corrected chi connectivity index (χ3v) is 5.78. The van der Waals surface area contributed by atoms with Gasteiger partial charge in [0, 0.05) is 13.5 Å². The van der Waals surface area contributed by atoms with Gasteiger partial charge in [-0.05, 0) is 12.5 Å². The first kappa shape index (κ1) is 24.5. The maximum atomic E-state index is 15.7. The fourth-order valence-corrected chi connectivity index (χ4v) is 3.90. The minimum absolute atomic E-state index is 0.00272. The molecular formula is C23H27FN6O5. The van der Waals surface area contributed by atoms with E-state index in [0.717, 1.165) is 5.56 Å². The van der Waals surface area contributed by atoms with Crippen molar-refractivity contribution in [3.05, 3.63) is 42.2 Å². The molecule has 12 heteroatoms. The molecule has 0 radical (unpaired) electrons. The number of aliphatic hydroxyl groups excluding tert-OH is 1. The van der Waals surface area contributed by atoms with Gasteiger partial charge in [0.15, 0.2) is 28.9 Å². The average Bonchev–Trinajstić information content (AvgIpc) is 3.35. The topological polar surface area (TPSA) is 140 Å². The summed E-state index contributed by atoms with van der Waals surface area (Å²) in [6, 6.07) is 9.19. The van der Waals surface area contributed by atoms with Crippen molar-refractivity contribution >= 4 is 34.8 Å². The molecule has 0 unspecified atom stereocenters. The second kappa shape index (κ2) is 9.92. The van der Waals surface area contributed by atoms with Gasteiger partial charge in [0.1, 0.15) is 18.8 Å². The lowest BCUT2D eigenvalue weighted by Crippen LogP contribution is -2.41. The molecule has 3 aromatic rings. The summed E-state index contributed by atoms with van der Waals surface area (Å²) >= 11 is 0. The van der Waals surface area contributed by atoms with Crippen LogP contribution in [0, 0.1) is 0 Å². The summed E-state index contributed by atoms with van der Waals surface area (Å²) in [6.45, 7) is 2.52. The fraction of sp³-hybridized carbons (Fsp3) is 0.435. The molecule has 3 heterocycles. The van der Waals surface area contributed by atoms with Crippen molar-refractivity contribution in [3.8, 4) is 0 Å². The molecule has 3 N–H and O–H groups in total. The Kier molecular flexibility index (Phi) is 6.94. The van der Waals surface area contributed by atoms with Gasteiger partial charge in [-0.2, -0.15) is 9.97 Å². The number of aromatic nitrogens is 4. The normalized spacial score (nSPS) is 23.9. The smallest absolute Gasteiger partial charge is 0.305 e. The van der Waals surface area contributed by atoms with Crippen LogP contribution in [0.4, 0.5) is 16.2 Å². The number of nitrogens with zero attached hydrogens (tertiary/aromatic N) is 4. The molecule has 186 valence electrons. The van der Waals surface area contributed by atoms with Gasteiger partial charge in [-0.25, -0.2) is 9.37 Å². The molecule has 1 fully saturated rings. The molecule has 11 nitrogen and oxygen atoms in total. The number of esters is 1. The van der Waals surface area contributed by atoms with E-state index >= 15 is 4.39 Å². The molecule has 1 aliphatic heterocycles. The van der Waals surface area contributed by atoms with Crippen LogP contribution >= 0.6 is 0 Å². The molecule has 1 aliphatic rings. The van der Waals surface area contributed by atoms with E-state index in [0.29, 0.717) is 11.3 Å². The van der Waals surface area contributed by atoms with Gasteiger partial charge in [0.25, 0.3) is 0 Å². The highest BCUT2D eigenvalue weighted by Gasteiger charge is 2.55. The zero-order valence-electron chi connectivity index (χ0n) is 19.6. The number of rotatable bonds is 8. The third kappa shape index (κ3) is 4.93. The number of nitrogens with one attached hydrogen (secondary N) is 2. The Morgan fingerprint density at radius 3 is 2.71 bits per heavy atom. The van der Waals surface area contributed by atoms with Gasteiger partial charge in [0.05, 0.1) is 12.7 Å². The summed E-state index contributed by atoms with van der Waals surface area (Å²) in [6.07, 6.45) is -2.38. The van der Waals surface area contributed by atoms with E-state index in [-0.39, 0.29) is 37.0 Å². The SMILES string of the molecule is CCC(=O)OC[C@H]1O[C@@H](n2cnc3c(NC)nc(NC(=O)Cc4ccccc4)nc32)[C@](C)(F)[C@@H]1O. The van der Waals surface area contributed by atoms with Crippen LogP contribution in [0.25, 0.3) is 11.2 Å². The number of halogens is 1.